The van der Waals surface area contributed by atoms with Crippen molar-refractivity contribution in [1.82, 2.24) is 9.80 Å². The molecule has 0 atom stereocenters. The van der Waals surface area contributed by atoms with Crippen molar-refractivity contribution in [3.63, 3.8) is 0 Å². The van der Waals surface area contributed by atoms with Crippen LogP contribution in [0.4, 0.5) is 4.79 Å². The minimum absolute atomic E-state index is 0.249. The zero-order valence-electron chi connectivity index (χ0n) is 12.9. The van der Waals surface area contributed by atoms with E-state index in [0.717, 1.165) is 18.8 Å². The summed E-state index contributed by atoms with van der Waals surface area (Å²) in [4.78, 5) is 26.5. The number of allylic oxidation sites excluding steroid dienone is 4. The Morgan fingerprint density at radius 3 is 2.33 bits per heavy atom. The van der Waals surface area contributed by atoms with Gasteiger partial charge in [0.15, 0.2) is 0 Å². The molecule has 2 aliphatic rings. The molecule has 0 aromatic rings. The number of hydrogen-bond acceptors (Lipinski definition) is 4. The molecule has 0 N–H and O–H groups in total. The number of hydrogen-bond donors (Lipinski definition) is 0. The van der Waals surface area contributed by atoms with Crippen LogP contribution in [0.1, 0.15) is 27.2 Å². The van der Waals surface area contributed by atoms with Crippen LogP contribution in [-0.4, -0.2) is 53.6 Å². The van der Waals surface area contributed by atoms with Crippen molar-refractivity contribution in [1.29, 1.82) is 0 Å². The fraction of sp³-hybridized carbons (Fsp3) is 0.562. The Labute approximate surface area is 125 Å². The third-order valence-corrected chi connectivity index (χ3v) is 3.41. The SMILES string of the molecule is CC(C)(C)OC(=O)N1CCN(C2=CCC(=C=O)C=C2)CC1. The summed E-state index contributed by atoms with van der Waals surface area (Å²) in [5.41, 5.74) is 1.32. The first-order valence-corrected chi connectivity index (χ1v) is 7.24. The van der Waals surface area contributed by atoms with E-state index >= 15 is 0 Å². The molecule has 1 fully saturated rings. The van der Waals surface area contributed by atoms with E-state index in [0.29, 0.717) is 25.1 Å². The molecule has 0 aromatic carbocycles. The lowest BCUT2D eigenvalue weighted by atomic mass is 10.1. The zero-order chi connectivity index (χ0) is 15.5. The molecular formula is C16H22N2O3. The average Bonchev–Trinajstić information content (AvgIpc) is 2.46. The van der Waals surface area contributed by atoms with Crippen LogP contribution in [-0.2, 0) is 9.53 Å². The summed E-state index contributed by atoms with van der Waals surface area (Å²) < 4.78 is 5.38. The molecular weight excluding hydrogens is 268 g/mol. The lowest BCUT2D eigenvalue weighted by molar-refractivity contribution is 0.0171. The maximum atomic E-state index is 12.0. The first-order chi connectivity index (χ1) is 9.89. The van der Waals surface area contributed by atoms with Crippen molar-refractivity contribution in [3.05, 3.63) is 29.5 Å². The first-order valence-electron chi connectivity index (χ1n) is 7.24. The molecule has 1 aliphatic heterocycles. The first kappa shape index (κ1) is 15.4. The number of carbonyl (C=O) groups is 1. The molecule has 114 valence electrons. The Morgan fingerprint density at radius 2 is 1.86 bits per heavy atom. The van der Waals surface area contributed by atoms with Crippen LogP contribution in [0.3, 0.4) is 0 Å². The average molecular weight is 290 g/mol. The van der Waals surface area contributed by atoms with Crippen LogP contribution in [0.15, 0.2) is 29.5 Å². The van der Waals surface area contributed by atoms with E-state index in [1.54, 1.807) is 4.90 Å². The highest BCUT2D eigenvalue weighted by Crippen LogP contribution is 2.19. The Hall–Kier alpha value is -2.00. The maximum absolute atomic E-state index is 12.0. The van der Waals surface area contributed by atoms with E-state index in [9.17, 15) is 9.59 Å². The summed E-state index contributed by atoms with van der Waals surface area (Å²) in [6.45, 7) is 8.46. The summed E-state index contributed by atoms with van der Waals surface area (Å²) in [6.07, 6.45) is 6.15. The van der Waals surface area contributed by atoms with E-state index in [4.69, 9.17) is 4.74 Å². The topological polar surface area (TPSA) is 49.9 Å². The highest BCUT2D eigenvalue weighted by Gasteiger charge is 2.26. The molecule has 0 unspecified atom stereocenters. The van der Waals surface area contributed by atoms with E-state index < -0.39 is 5.60 Å². The van der Waals surface area contributed by atoms with Gasteiger partial charge in [0.05, 0.1) is 0 Å². The summed E-state index contributed by atoms with van der Waals surface area (Å²) in [5, 5.41) is 0. The van der Waals surface area contributed by atoms with Gasteiger partial charge < -0.3 is 14.5 Å². The van der Waals surface area contributed by atoms with Gasteiger partial charge in [-0.15, -0.1) is 0 Å². The minimum atomic E-state index is -0.458. The van der Waals surface area contributed by atoms with Gasteiger partial charge in [0.1, 0.15) is 11.5 Å². The van der Waals surface area contributed by atoms with Gasteiger partial charge in [0.25, 0.3) is 0 Å². The van der Waals surface area contributed by atoms with Crippen LogP contribution >= 0.6 is 0 Å². The summed E-state index contributed by atoms with van der Waals surface area (Å²) in [6, 6.07) is 0. The van der Waals surface area contributed by atoms with Gasteiger partial charge in [0.2, 0.25) is 0 Å². The van der Waals surface area contributed by atoms with Crippen LogP contribution < -0.4 is 0 Å². The quantitative estimate of drug-likeness (QED) is 0.694. The highest BCUT2D eigenvalue weighted by atomic mass is 16.6. The van der Waals surface area contributed by atoms with E-state index in [1.807, 2.05) is 44.9 Å². The lowest BCUT2D eigenvalue weighted by Gasteiger charge is -2.37. The van der Waals surface area contributed by atoms with Gasteiger partial charge >= 0.3 is 6.09 Å². The summed E-state index contributed by atoms with van der Waals surface area (Å²) in [5.74, 6) is 1.92. The minimum Gasteiger partial charge on any atom is -0.444 e. The van der Waals surface area contributed by atoms with E-state index in [1.165, 1.54) is 0 Å². The van der Waals surface area contributed by atoms with Crippen LogP contribution in [0.2, 0.25) is 0 Å². The second kappa shape index (κ2) is 6.19. The van der Waals surface area contributed by atoms with Gasteiger partial charge in [-0.3, -0.25) is 0 Å². The number of ether oxygens (including phenoxy) is 1. The largest absolute Gasteiger partial charge is 0.444 e. The lowest BCUT2D eigenvalue weighted by Crippen LogP contribution is -2.49. The second-order valence-corrected chi connectivity index (χ2v) is 6.25. The van der Waals surface area contributed by atoms with Crippen molar-refractivity contribution in [2.45, 2.75) is 32.8 Å². The number of piperazine rings is 1. The number of carbonyl (C=O) groups excluding carboxylic acids is 2. The zero-order valence-corrected chi connectivity index (χ0v) is 12.9. The normalized spacial score (nSPS) is 19.2. The van der Waals surface area contributed by atoms with Crippen molar-refractivity contribution >= 4 is 12.0 Å². The molecule has 1 heterocycles. The second-order valence-electron chi connectivity index (χ2n) is 6.25. The Kier molecular flexibility index (Phi) is 4.53. The molecule has 21 heavy (non-hydrogen) atoms. The number of amides is 1. The molecule has 5 heteroatoms. The van der Waals surface area contributed by atoms with Crippen LogP contribution in [0.5, 0.6) is 0 Å². The molecule has 0 aromatic heterocycles. The third-order valence-electron chi connectivity index (χ3n) is 3.41. The predicted octanol–water partition coefficient (Wildman–Crippen LogP) is 2.14. The molecule has 1 saturated heterocycles. The third kappa shape index (κ3) is 4.23. The van der Waals surface area contributed by atoms with Crippen molar-refractivity contribution in [2.24, 2.45) is 0 Å². The van der Waals surface area contributed by atoms with E-state index in [-0.39, 0.29) is 6.09 Å². The molecule has 1 aliphatic carbocycles. The molecule has 0 saturated carbocycles. The number of rotatable bonds is 1. The molecule has 1 amide bonds. The standard InChI is InChI=1S/C16H22N2O3/c1-16(2,3)21-15(20)18-10-8-17(9-11-18)14-6-4-13(12-19)5-7-14/h4,6-7H,5,8-11H2,1-3H3. The monoisotopic (exact) mass is 290 g/mol. The summed E-state index contributed by atoms with van der Waals surface area (Å²) in [7, 11) is 0. The number of nitrogens with zero attached hydrogens (tertiary/aromatic N) is 2. The van der Waals surface area contributed by atoms with Crippen LogP contribution in [0.25, 0.3) is 0 Å². The fourth-order valence-corrected chi connectivity index (χ4v) is 2.32. The molecule has 0 bridgehead atoms. The molecule has 0 radical (unpaired) electrons. The Bertz CT molecular complexity index is 514. The van der Waals surface area contributed by atoms with E-state index in [2.05, 4.69) is 4.90 Å². The molecule has 2 rings (SSSR count). The van der Waals surface area contributed by atoms with Crippen molar-refractivity contribution in [3.8, 4) is 0 Å². The Morgan fingerprint density at radius 1 is 1.19 bits per heavy atom. The summed E-state index contributed by atoms with van der Waals surface area (Å²) >= 11 is 0. The maximum Gasteiger partial charge on any atom is 0.410 e. The van der Waals surface area contributed by atoms with Crippen LogP contribution in [0, 0.1) is 0 Å². The Balaban J connectivity index is 1.87. The molecule has 5 nitrogen and oxygen atoms in total. The van der Waals surface area contributed by atoms with Gasteiger partial charge in [-0.2, -0.15) is 0 Å². The van der Waals surface area contributed by atoms with Gasteiger partial charge in [-0.25, -0.2) is 9.59 Å². The molecule has 0 spiro atoms. The fourth-order valence-electron chi connectivity index (χ4n) is 2.32. The van der Waals surface area contributed by atoms with Gasteiger partial charge in [-0.05, 0) is 32.9 Å². The van der Waals surface area contributed by atoms with Crippen molar-refractivity contribution < 1.29 is 14.3 Å². The van der Waals surface area contributed by atoms with Crippen molar-refractivity contribution in [2.75, 3.05) is 26.2 Å². The van der Waals surface area contributed by atoms with Gasteiger partial charge in [0, 0.05) is 43.9 Å². The smallest absolute Gasteiger partial charge is 0.410 e. The highest BCUT2D eigenvalue weighted by molar-refractivity contribution is 5.68. The predicted molar refractivity (Wildman–Crippen MR) is 80.4 cm³/mol. The van der Waals surface area contributed by atoms with Gasteiger partial charge in [-0.1, -0.05) is 6.08 Å².